The third-order valence-corrected chi connectivity index (χ3v) is 2.36. The summed E-state index contributed by atoms with van der Waals surface area (Å²) in [5.41, 5.74) is 2.14. The molecule has 0 fully saturated rings. The summed E-state index contributed by atoms with van der Waals surface area (Å²) in [5.74, 6) is -0.844. The molecule has 0 saturated carbocycles. The Hall–Kier alpha value is -2.24. The van der Waals surface area contributed by atoms with E-state index in [1.165, 1.54) is 6.92 Å². The lowest BCUT2D eigenvalue weighted by Crippen LogP contribution is -2.12. The molecule has 6 nitrogen and oxygen atoms in total. The van der Waals surface area contributed by atoms with Crippen molar-refractivity contribution in [2.24, 2.45) is 10.2 Å². The van der Waals surface area contributed by atoms with E-state index in [1.807, 2.05) is 0 Å². The first-order valence-electron chi connectivity index (χ1n) is 5.48. The Morgan fingerprint density at radius 1 is 1.28 bits per heavy atom. The van der Waals surface area contributed by atoms with Gasteiger partial charge in [-0.1, -0.05) is 0 Å². The summed E-state index contributed by atoms with van der Waals surface area (Å²) in [4.78, 5) is 22.2. The van der Waals surface area contributed by atoms with E-state index in [-0.39, 0.29) is 13.2 Å². The Labute approximate surface area is 104 Å². The van der Waals surface area contributed by atoms with E-state index in [9.17, 15) is 9.59 Å². The minimum absolute atomic E-state index is 0.0459. The van der Waals surface area contributed by atoms with Crippen LogP contribution in [0.5, 0.6) is 0 Å². The second kappa shape index (κ2) is 5.39. The summed E-state index contributed by atoms with van der Waals surface area (Å²) in [6.07, 6.45) is 0. The summed E-state index contributed by atoms with van der Waals surface area (Å²) in [5, 5.41) is 7.77. The molecule has 0 aliphatic carbocycles. The minimum atomic E-state index is -0.447. The molecule has 0 bridgehead atoms. The standard InChI is InChI=1S/C12H12N2O4/c1-8(15)17-4-5-18-12(16)9-2-3-11-10(6-9)7-13-14-11/h2-3,6H,4-5,7H2,1H3. The van der Waals surface area contributed by atoms with Crippen molar-refractivity contribution in [3.63, 3.8) is 0 Å². The van der Waals surface area contributed by atoms with E-state index in [0.29, 0.717) is 12.1 Å². The van der Waals surface area contributed by atoms with Crippen LogP contribution in [0.4, 0.5) is 5.69 Å². The Kier molecular flexibility index (Phi) is 3.66. The van der Waals surface area contributed by atoms with Crippen molar-refractivity contribution in [3.8, 4) is 0 Å². The molecule has 6 heteroatoms. The van der Waals surface area contributed by atoms with Crippen LogP contribution >= 0.6 is 0 Å². The van der Waals surface area contributed by atoms with E-state index in [4.69, 9.17) is 4.74 Å². The molecule has 1 aliphatic rings. The van der Waals surface area contributed by atoms with Gasteiger partial charge in [0.1, 0.15) is 13.2 Å². The summed E-state index contributed by atoms with van der Waals surface area (Å²) in [6, 6.07) is 5.08. The fourth-order valence-corrected chi connectivity index (χ4v) is 1.53. The number of ether oxygens (including phenoxy) is 2. The summed E-state index contributed by atoms with van der Waals surface area (Å²) >= 11 is 0. The molecular weight excluding hydrogens is 236 g/mol. The van der Waals surface area contributed by atoms with Crippen LogP contribution in [0.25, 0.3) is 0 Å². The molecule has 0 saturated heterocycles. The summed E-state index contributed by atoms with van der Waals surface area (Å²) in [6.45, 7) is 1.90. The number of rotatable bonds is 4. The van der Waals surface area contributed by atoms with Gasteiger partial charge in [0.2, 0.25) is 0 Å². The third-order valence-electron chi connectivity index (χ3n) is 2.36. The van der Waals surface area contributed by atoms with Gasteiger partial charge in [-0.15, -0.1) is 0 Å². The fourth-order valence-electron chi connectivity index (χ4n) is 1.53. The first kappa shape index (κ1) is 12.2. The van der Waals surface area contributed by atoms with E-state index < -0.39 is 11.9 Å². The van der Waals surface area contributed by atoms with Crippen LogP contribution in [0.15, 0.2) is 28.4 Å². The van der Waals surface area contributed by atoms with E-state index in [0.717, 1.165) is 11.3 Å². The number of carbonyl (C=O) groups excluding carboxylic acids is 2. The lowest BCUT2D eigenvalue weighted by molar-refractivity contribution is -0.142. The van der Waals surface area contributed by atoms with Crippen LogP contribution in [0.3, 0.4) is 0 Å². The zero-order chi connectivity index (χ0) is 13.0. The number of esters is 2. The normalized spacial score (nSPS) is 12.1. The number of nitrogens with zero attached hydrogens (tertiary/aromatic N) is 2. The topological polar surface area (TPSA) is 77.3 Å². The largest absolute Gasteiger partial charge is 0.462 e. The minimum Gasteiger partial charge on any atom is -0.462 e. The van der Waals surface area contributed by atoms with Gasteiger partial charge in [-0.25, -0.2) is 4.79 Å². The Morgan fingerprint density at radius 2 is 2.06 bits per heavy atom. The van der Waals surface area contributed by atoms with Crippen LogP contribution in [-0.2, 0) is 20.8 Å². The Morgan fingerprint density at radius 3 is 2.83 bits per heavy atom. The molecule has 0 aromatic heterocycles. The fraction of sp³-hybridized carbons (Fsp3) is 0.333. The summed E-state index contributed by atoms with van der Waals surface area (Å²) < 4.78 is 9.62. The third kappa shape index (κ3) is 2.91. The summed E-state index contributed by atoms with van der Waals surface area (Å²) in [7, 11) is 0. The predicted octanol–water partition coefficient (Wildman–Crippen LogP) is 2.00. The first-order valence-corrected chi connectivity index (χ1v) is 5.48. The Balaban J connectivity index is 1.88. The van der Waals surface area contributed by atoms with Crippen LogP contribution in [-0.4, -0.2) is 25.2 Å². The second-order valence-corrected chi connectivity index (χ2v) is 3.72. The second-order valence-electron chi connectivity index (χ2n) is 3.72. The molecule has 94 valence electrons. The molecule has 0 N–H and O–H groups in total. The molecule has 2 rings (SSSR count). The van der Waals surface area contributed by atoms with Crippen molar-refractivity contribution in [2.75, 3.05) is 13.2 Å². The van der Waals surface area contributed by atoms with Crippen molar-refractivity contribution in [1.29, 1.82) is 0 Å². The van der Waals surface area contributed by atoms with E-state index >= 15 is 0 Å². The van der Waals surface area contributed by atoms with Gasteiger partial charge in [0.05, 0.1) is 17.8 Å². The maximum absolute atomic E-state index is 11.7. The number of carbonyl (C=O) groups is 2. The highest BCUT2D eigenvalue weighted by atomic mass is 16.6. The molecule has 0 unspecified atom stereocenters. The molecule has 1 heterocycles. The van der Waals surface area contributed by atoms with Crippen LogP contribution in [0, 0.1) is 0 Å². The Bertz CT molecular complexity index is 511. The van der Waals surface area contributed by atoms with Crippen LogP contribution in [0.2, 0.25) is 0 Å². The van der Waals surface area contributed by atoms with Crippen LogP contribution in [0.1, 0.15) is 22.8 Å². The monoisotopic (exact) mass is 248 g/mol. The number of azo groups is 1. The number of hydrogen-bond donors (Lipinski definition) is 0. The molecule has 1 aliphatic heterocycles. The highest BCUT2D eigenvalue weighted by Crippen LogP contribution is 2.27. The zero-order valence-corrected chi connectivity index (χ0v) is 9.88. The van der Waals surface area contributed by atoms with Gasteiger partial charge in [0.25, 0.3) is 0 Å². The van der Waals surface area contributed by atoms with Gasteiger partial charge < -0.3 is 9.47 Å². The van der Waals surface area contributed by atoms with Gasteiger partial charge in [-0.05, 0) is 18.2 Å². The molecule has 1 aromatic rings. The van der Waals surface area contributed by atoms with E-state index in [2.05, 4.69) is 15.0 Å². The number of hydrogen-bond acceptors (Lipinski definition) is 6. The highest BCUT2D eigenvalue weighted by Gasteiger charge is 2.13. The van der Waals surface area contributed by atoms with Crippen molar-refractivity contribution in [3.05, 3.63) is 29.3 Å². The van der Waals surface area contributed by atoms with E-state index in [1.54, 1.807) is 18.2 Å². The predicted molar refractivity (Wildman–Crippen MR) is 61.6 cm³/mol. The van der Waals surface area contributed by atoms with Gasteiger partial charge in [-0.3, -0.25) is 4.79 Å². The molecular formula is C12H12N2O4. The average Bonchev–Trinajstić information content (AvgIpc) is 2.81. The average molecular weight is 248 g/mol. The van der Waals surface area contributed by atoms with Gasteiger partial charge in [0.15, 0.2) is 0 Å². The number of fused-ring (bicyclic) bond motifs is 1. The maximum Gasteiger partial charge on any atom is 0.338 e. The zero-order valence-electron chi connectivity index (χ0n) is 9.88. The molecule has 0 radical (unpaired) electrons. The quantitative estimate of drug-likeness (QED) is 0.603. The van der Waals surface area contributed by atoms with Crippen molar-refractivity contribution in [1.82, 2.24) is 0 Å². The number of benzene rings is 1. The smallest absolute Gasteiger partial charge is 0.338 e. The maximum atomic E-state index is 11.7. The molecule has 1 aromatic carbocycles. The molecule has 0 atom stereocenters. The van der Waals surface area contributed by atoms with Crippen LogP contribution < -0.4 is 0 Å². The highest BCUT2D eigenvalue weighted by molar-refractivity contribution is 5.90. The lowest BCUT2D eigenvalue weighted by Gasteiger charge is -2.05. The van der Waals surface area contributed by atoms with Gasteiger partial charge in [-0.2, -0.15) is 10.2 Å². The van der Waals surface area contributed by atoms with Crippen molar-refractivity contribution >= 4 is 17.6 Å². The lowest BCUT2D eigenvalue weighted by atomic mass is 10.1. The first-order chi connectivity index (χ1) is 8.66. The van der Waals surface area contributed by atoms with Gasteiger partial charge in [0, 0.05) is 12.5 Å². The van der Waals surface area contributed by atoms with Crippen molar-refractivity contribution in [2.45, 2.75) is 13.5 Å². The molecule has 0 amide bonds. The van der Waals surface area contributed by atoms with Gasteiger partial charge >= 0.3 is 11.9 Å². The SMILES string of the molecule is CC(=O)OCCOC(=O)c1ccc2c(c1)CN=N2. The molecule has 18 heavy (non-hydrogen) atoms. The van der Waals surface area contributed by atoms with Crippen molar-refractivity contribution < 1.29 is 19.1 Å². The molecule has 0 spiro atoms.